The van der Waals surface area contributed by atoms with E-state index in [0.29, 0.717) is 5.88 Å². The summed E-state index contributed by atoms with van der Waals surface area (Å²) < 4.78 is 5.63. The van der Waals surface area contributed by atoms with Gasteiger partial charge in [0.1, 0.15) is 15.8 Å². The summed E-state index contributed by atoms with van der Waals surface area (Å²) in [5.74, 6) is 1.55. The number of aryl methyl sites for hydroxylation is 1. The van der Waals surface area contributed by atoms with Crippen molar-refractivity contribution in [3.63, 3.8) is 0 Å². The van der Waals surface area contributed by atoms with Gasteiger partial charge in [0.2, 0.25) is 0 Å². The van der Waals surface area contributed by atoms with Gasteiger partial charge in [-0.3, -0.25) is 0 Å². The van der Waals surface area contributed by atoms with Crippen LogP contribution in [0.5, 0.6) is 5.75 Å². The van der Waals surface area contributed by atoms with Crippen molar-refractivity contribution in [1.29, 1.82) is 0 Å². The second-order valence-electron chi connectivity index (χ2n) is 4.17. The summed E-state index contributed by atoms with van der Waals surface area (Å²) in [7, 11) is 0. The molecule has 0 fully saturated rings. The first-order valence-electron chi connectivity index (χ1n) is 6.45. The van der Waals surface area contributed by atoms with Crippen LogP contribution in [0.3, 0.4) is 0 Å². The van der Waals surface area contributed by atoms with Crippen molar-refractivity contribution in [2.24, 2.45) is 0 Å². The molecule has 0 aliphatic rings. The van der Waals surface area contributed by atoms with Gasteiger partial charge in [-0.2, -0.15) is 0 Å². The first-order valence-corrected chi connectivity index (χ1v) is 7.80. The fraction of sp³-hybridized carbons (Fsp3) is 0.429. The third kappa shape index (κ3) is 4.18. The number of aromatic nitrogens is 2. The third-order valence-corrected chi connectivity index (χ3v) is 3.84. The van der Waals surface area contributed by atoms with Crippen LogP contribution in [-0.2, 0) is 6.42 Å². The zero-order valence-corrected chi connectivity index (χ0v) is 12.5. The van der Waals surface area contributed by atoms with Crippen LogP contribution in [0.4, 0.5) is 0 Å². The van der Waals surface area contributed by atoms with Crippen LogP contribution >= 0.6 is 22.9 Å². The molecule has 0 N–H and O–H groups in total. The molecule has 19 heavy (non-hydrogen) atoms. The maximum Gasteiger partial charge on any atom is 0.147 e. The molecule has 1 aromatic carbocycles. The summed E-state index contributed by atoms with van der Waals surface area (Å²) in [6.45, 7) is 2.83. The van der Waals surface area contributed by atoms with Gasteiger partial charge in [-0.05, 0) is 25.0 Å². The molecule has 5 heteroatoms. The van der Waals surface area contributed by atoms with Gasteiger partial charge in [0, 0.05) is 17.9 Å². The van der Waals surface area contributed by atoms with E-state index in [-0.39, 0.29) is 0 Å². The Bertz CT molecular complexity index is 516. The maximum absolute atomic E-state index is 5.68. The van der Waals surface area contributed by atoms with Crippen LogP contribution in [0.2, 0.25) is 0 Å². The van der Waals surface area contributed by atoms with Crippen LogP contribution < -0.4 is 4.74 Å². The smallest absolute Gasteiger partial charge is 0.147 e. The van der Waals surface area contributed by atoms with E-state index in [4.69, 9.17) is 16.3 Å². The van der Waals surface area contributed by atoms with Gasteiger partial charge >= 0.3 is 0 Å². The van der Waals surface area contributed by atoms with Crippen LogP contribution in [0, 0.1) is 0 Å². The largest absolute Gasteiger partial charge is 0.494 e. The lowest BCUT2D eigenvalue weighted by Gasteiger charge is -2.04. The Morgan fingerprint density at radius 3 is 3.00 bits per heavy atom. The number of rotatable bonds is 7. The fourth-order valence-electron chi connectivity index (χ4n) is 1.63. The molecule has 3 nitrogen and oxygen atoms in total. The monoisotopic (exact) mass is 296 g/mol. The quantitative estimate of drug-likeness (QED) is 0.719. The first-order chi connectivity index (χ1) is 9.33. The number of ether oxygens (including phenoxy) is 1. The zero-order chi connectivity index (χ0) is 13.5. The van der Waals surface area contributed by atoms with Crippen molar-refractivity contribution in [2.45, 2.75) is 26.2 Å². The van der Waals surface area contributed by atoms with Gasteiger partial charge in [0.15, 0.2) is 0 Å². The molecule has 0 unspecified atom stereocenters. The molecule has 0 spiro atoms. The molecular formula is C14H17ClN2OS. The van der Waals surface area contributed by atoms with Gasteiger partial charge < -0.3 is 4.74 Å². The summed E-state index contributed by atoms with van der Waals surface area (Å²) in [4.78, 5) is 0. The number of halogens is 1. The molecule has 0 saturated heterocycles. The van der Waals surface area contributed by atoms with Crippen molar-refractivity contribution < 1.29 is 4.74 Å². The normalized spacial score (nSPS) is 10.6. The molecule has 0 radical (unpaired) electrons. The third-order valence-electron chi connectivity index (χ3n) is 2.54. The highest BCUT2D eigenvalue weighted by molar-refractivity contribution is 7.14. The Kier molecular flexibility index (Phi) is 5.61. The van der Waals surface area contributed by atoms with Gasteiger partial charge in [0.05, 0.1) is 6.61 Å². The average molecular weight is 297 g/mol. The molecule has 0 amide bonds. The number of nitrogens with zero attached hydrogens (tertiary/aromatic N) is 2. The number of hydrogen-bond acceptors (Lipinski definition) is 4. The molecule has 0 bridgehead atoms. The highest BCUT2D eigenvalue weighted by Gasteiger charge is 2.07. The summed E-state index contributed by atoms with van der Waals surface area (Å²) >= 11 is 7.31. The van der Waals surface area contributed by atoms with Crippen molar-refractivity contribution in [1.82, 2.24) is 10.2 Å². The van der Waals surface area contributed by atoms with E-state index in [9.17, 15) is 0 Å². The molecule has 0 atom stereocenters. The van der Waals surface area contributed by atoms with Gasteiger partial charge in [-0.15, -0.1) is 21.8 Å². The first kappa shape index (κ1) is 14.3. The number of benzene rings is 1. The lowest BCUT2D eigenvalue weighted by molar-refractivity contribution is 0.317. The molecule has 0 aliphatic heterocycles. The van der Waals surface area contributed by atoms with Gasteiger partial charge in [-0.1, -0.05) is 30.4 Å². The average Bonchev–Trinajstić information content (AvgIpc) is 2.92. The van der Waals surface area contributed by atoms with E-state index in [1.54, 1.807) is 11.3 Å². The zero-order valence-electron chi connectivity index (χ0n) is 10.9. The molecule has 0 saturated carbocycles. The van der Waals surface area contributed by atoms with Crippen LogP contribution in [0.15, 0.2) is 24.3 Å². The van der Waals surface area contributed by atoms with Crippen molar-refractivity contribution in [3.05, 3.63) is 29.3 Å². The highest BCUT2D eigenvalue weighted by Crippen LogP contribution is 2.27. The van der Waals surface area contributed by atoms with Crippen molar-refractivity contribution in [2.75, 3.05) is 12.5 Å². The summed E-state index contributed by atoms with van der Waals surface area (Å²) in [6, 6.07) is 8.00. The molecular weight excluding hydrogens is 280 g/mol. The Balaban J connectivity index is 2.10. The Hall–Kier alpha value is -1.13. The minimum absolute atomic E-state index is 0.662. The van der Waals surface area contributed by atoms with Crippen LogP contribution in [0.25, 0.3) is 10.6 Å². The topological polar surface area (TPSA) is 35.0 Å². The SMILES string of the molecule is CCCOc1cccc(-c2nnc(CCCCl)s2)c1. The van der Waals surface area contributed by atoms with Crippen molar-refractivity contribution in [3.8, 4) is 16.3 Å². The van der Waals surface area contributed by atoms with E-state index >= 15 is 0 Å². The molecule has 1 aromatic heterocycles. The second kappa shape index (κ2) is 7.46. The standard InChI is InChI=1S/C14H17ClN2OS/c1-2-9-18-12-6-3-5-11(10-12)14-17-16-13(19-14)7-4-8-15/h3,5-6,10H,2,4,7-9H2,1H3. The fourth-order valence-corrected chi connectivity index (χ4v) is 2.64. The summed E-state index contributed by atoms with van der Waals surface area (Å²) in [6.07, 6.45) is 2.84. The van der Waals surface area contributed by atoms with E-state index in [0.717, 1.165) is 47.2 Å². The van der Waals surface area contributed by atoms with Gasteiger partial charge in [-0.25, -0.2) is 0 Å². The molecule has 102 valence electrons. The molecule has 0 aliphatic carbocycles. The molecule has 1 heterocycles. The predicted molar refractivity (Wildman–Crippen MR) is 80.2 cm³/mol. The summed E-state index contributed by atoms with van der Waals surface area (Å²) in [5, 5.41) is 10.4. The van der Waals surface area contributed by atoms with E-state index in [1.165, 1.54) is 0 Å². The molecule has 2 aromatic rings. The minimum Gasteiger partial charge on any atom is -0.494 e. The highest BCUT2D eigenvalue weighted by atomic mass is 35.5. The minimum atomic E-state index is 0.662. The Labute approximate surface area is 122 Å². The second-order valence-corrected chi connectivity index (χ2v) is 5.61. The Morgan fingerprint density at radius 2 is 2.21 bits per heavy atom. The number of hydrogen-bond donors (Lipinski definition) is 0. The van der Waals surface area contributed by atoms with Crippen LogP contribution in [0.1, 0.15) is 24.8 Å². The summed E-state index contributed by atoms with van der Waals surface area (Å²) in [5.41, 5.74) is 1.06. The lowest BCUT2D eigenvalue weighted by atomic mass is 10.2. The van der Waals surface area contributed by atoms with E-state index in [1.807, 2.05) is 24.3 Å². The van der Waals surface area contributed by atoms with E-state index < -0.39 is 0 Å². The predicted octanol–water partition coefficient (Wildman–Crippen LogP) is 4.17. The molecule has 2 rings (SSSR count). The van der Waals surface area contributed by atoms with Gasteiger partial charge in [0.25, 0.3) is 0 Å². The van der Waals surface area contributed by atoms with Crippen molar-refractivity contribution >= 4 is 22.9 Å². The number of alkyl halides is 1. The Morgan fingerprint density at radius 1 is 1.32 bits per heavy atom. The maximum atomic E-state index is 5.68. The van der Waals surface area contributed by atoms with Crippen LogP contribution in [-0.4, -0.2) is 22.7 Å². The lowest BCUT2D eigenvalue weighted by Crippen LogP contribution is -1.94. The van der Waals surface area contributed by atoms with E-state index in [2.05, 4.69) is 17.1 Å².